The van der Waals surface area contributed by atoms with E-state index in [0.717, 1.165) is 24.0 Å². The van der Waals surface area contributed by atoms with Gasteiger partial charge < -0.3 is 15.2 Å². The Labute approximate surface area is 115 Å². The van der Waals surface area contributed by atoms with E-state index in [4.69, 9.17) is 15.2 Å². The minimum atomic E-state index is 0.469. The summed E-state index contributed by atoms with van der Waals surface area (Å²) >= 11 is 0. The molecule has 2 N–H and O–H groups in total. The molecule has 3 nitrogen and oxygen atoms in total. The van der Waals surface area contributed by atoms with Gasteiger partial charge in [-0.15, -0.1) is 0 Å². The zero-order valence-corrected chi connectivity index (χ0v) is 11.4. The summed E-state index contributed by atoms with van der Waals surface area (Å²) in [5.74, 6) is 2.96. The average molecular weight is 261 g/mol. The van der Waals surface area contributed by atoms with Gasteiger partial charge >= 0.3 is 0 Å². The lowest BCUT2D eigenvalue weighted by Gasteiger charge is -2.30. The molecule has 1 aromatic carbocycles. The van der Waals surface area contributed by atoms with Crippen molar-refractivity contribution in [2.24, 2.45) is 11.7 Å². The third-order valence-electron chi connectivity index (χ3n) is 4.47. The molecule has 1 atom stereocenters. The number of rotatable bonds is 3. The smallest absolute Gasteiger partial charge is 0.161 e. The van der Waals surface area contributed by atoms with Crippen molar-refractivity contribution in [3.05, 3.63) is 23.8 Å². The van der Waals surface area contributed by atoms with Crippen LogP contribution in [0.2, 0.25) is 0 Å². The van der Waals surface area contributed by atoms with Crippen LogP contribution in [0, 0.1) is 5.92 Å². The van der Waals surface area contributed by atoms with E-state index in [2.05, 4.69) is 12.1 Å². The topological polar surface area (TPSA) is 44.5 Å². The minimum absolute atomic E-state index is 0.469. The largest absolute Gasteiger partial charge is 0.486 e. The molecule has 104 valence electrons. The fourth-order valence-electron chi connectivity index (χ4n) is 3.43. The Morgan fingerprint density at radius 2 is 1.79 bits per heavy atom. The summed E-state index contributed by atoms with van der Waals surface area (Å²) in [7, 11) is 0. The van der Waals surface area contributed by atoms with Gasteiger partial charge in [0.1, 0.15) is 13.2 Å². The third kappa shape index (κ3) is 2.71. The molecule has 1 fully saturated rings. The van der Waals surface area contributed by atoms with Gasteiger partial charge in [0.05, 0.1) is 0 Å². The van der Waals surface area contributed by atoms with Gasteiger partial charge in [0.25, 0.3) is 0 Å². The Hall–Kier alpha value is -1.22. The zero-order chi connectivity index (χ0) is 13.1. The van der Waals surface area contributed by atoms with Gasteiger partial charge in [-0.2, -0.15) is 0 Å². The van der Waals surface area contributed by atoms with Crippen molar-refractivity contribution < 1.29 is 9.47 Å². The quantitative estimate of drug-likeness (QED) is 0.909. The molecule has 2 aliphatic rings. The molecule has 0 saturated heterocycles. The summed E-state index contributed by atoms with van der Waals surface area (Å²) in [5.41, 5.74) is 7.36. The lowest BCUT2D eigenvalue weighted by atomic mass is 9.77. The van der Waals surface area contributed by atoms with E-state index in [1.165, 1.54) is 37.7 Å². The Bertz CT molecular complexity index is 427. The van der Waals surface area contributed by atoms with Gasteiger partial charge in [-0.3, -0.25) is 0 Å². The summed E-state index contributed by atoms with van der Waals surface area (Å²) in [6.07, 6.45) is 6.72. The van der Waals surface area contributed by atoms with E-state index < -0.39 is 0 Å². The first-order chi connectivity index (χ1) is 9.38. The summed E-state index contributed by atoms with van der Waals surface area (Å²) in [5, 5.41) is 0. The molecule has 3 rings (SSSR count). The van der Waals surface area contributed by atoms with Crippen molar-refractivity contribution in [1.82, 2.24) is 0 Å². The van der Waals surface area contributed by atoms with Crippen molar-refractivity contribution in [2.45, 2.75) is 38.0 Å². The van der Waals surface area contributed by atoms with Crippen molar-refractivity contribution >= 4 is 0 Å². The molecule has 1 heterocycles. The average Bonchev–Trinajstić information content (AvgIpc) is 2.49. The van der Waals surface area contributed by atoms with Crippen molar-refractivity contribution in [3.8, 4) is 11.5 Å². The van der Waals surface area contributed by atoms with Crippen molar-refractivity contribution in [2.75, 3.05) is 19.8 Å². The van der Waals surface area contributed by atoms with Gasteiger partial charge in [-0.1, -0.05) is 25.3 Å². The van der Waals surface area contributed by atoms with Crippen molar-refractivity contribution in [3.63, 3.8) is 0 Å². The number of hydrogen-bond donors (Lipinski definition) is 1. The highest BCUT2D eigenvalue weighted by Crippen LogP contribution is 2.39. The van der Waals surface area contributed by atoms with Gasteiger partial charge in [-0.05, 0) is 48.9 Å². The molecule has 0 radical (unpaired) electrons. The monoisotopic (exact) mass is 261 g/mol. The van der Waals surface area contributed by atoms with E-state index in [9.17, 15) is 0 Å². The van der Waals surface area contributed by atoms with Crippen LogP contribution in [0.4, 0.5) is 0 Å². The van der Waals surface area contributed by atoms with E-state index in [1.807, 2.05) is 6.07 Å². The lowest BCUT2D eigenvalue weighted by molar-refractivity contribution is 0.171. The van der Waals surface area contributed by atoms with E-state index >= 15 is 0 Å². The first-order valence-electron chi connectivity index (χ1n) is 7.48. The number of ether oxygens (including phenoxy) is 2. The second kappa shape index (κ2) is 5.83. The highest BCUT2D eigenvalue weighted by Gasteiger charge is 2.25. The predicted molar refractivity (Wildman–Crippen MR) is 75.8 cm³/mol. The molecule has 1 aromatic rings. The van der Waals surface area contributed by atoms with Crippen LogP contribution in [-0.4, -0.2) is 19.8 Å². The van der Waals surface area contributed by atoms with Crippen LogP contribution in [0.1, 0.15) is 43.6 Å². The minimum Gasteiger partial charge on any atom is -0.486 e. The Morgan fingerprint density at radius 1 is 1.05 bits per heavy atom. The molecular formula is C16H23NO2. The Balaban J connectivity index is 1.82. The van der Waals surface area contributed by atoms with Gasteiger partial charge in [-0.25, -0.2) is 0 Å². The SMILES string of the molecule is NCC(c1ccc2c(c1)OCCO2)C1CCCCC1. The first kappa shape index (κ1) is 12.8. The molecule has 1 aliphatic heterocycles. The fourth-order valence-corrected chi connectivity index (χ4v) is 3.43. The Morgan fingerprint density at radius 3 is 2.53 bits per heavy atom. The number of hydrogen-bond acceptors (Lipinski definition) is 3. The summed E-state index contributed by atoms with van der Waals surface area (Å²) in [4.78, 5) is 0. The molecule has 1 aliphatic carbocycles. The molecule has 19 heavy (non-hydrogen) atoms. The maximum absolute atomic E-state index is 6.04. The van der Waals surface area contributed by atoms with Gasteiger partial charge in [0, 0.05) is 0 Å². The maximum atomic E-state index is 6.04. The van der Waals surface area contributed by atoms with Crippen LogP contribution < -0.4 is 15.2 Å². The number of benzene rings is 1. The molecule has 0 amide bonds. The molecule has 3 heteroatoms. The number of nitrogens with two attached hydrogens (primary N) is 1. The van der Waals surface area contributed by atoms with E-state index in [0.29, 0.717) is 19.1 Å². The van der Waals surface area contributed by atoms with Crippen LogP contribution in [-0.2, 0) is 0 Å². The highest BCUT2D eigenvalue weighted by atomic mass is 16.6. The maximum Gasteiger partial charge on any atom is 0.161 e. The van der Waals surface area contributed by atoms with Crippen LogP contribution in [0.5, 0.6) is 11.5 Å². The second-order valence-electron chi connectivity index (χ2n) is 5.64. The first-order valence-corrected chi connectivity index (χ1v) is 7.48. The summed E-state index contributed by atoms with van der Waals surface area (Å²) < 4.78 is 11.3. The van der Waals surface area contributed by atoms with Crippen LogP contribution >= 0.6 is 0 Å². The summed E-state index contributed by atoms with van der Waals surface area (Å²) in [6.45, 7) is 2.02. The normalized spacial score (nSPS) is 21.1. The van der Waals surface area contributed by atoms with E-state index in [-0.39, 0.29) is 0 Å². The Kier molecular flexibility index (Phi) is 3.92. The van der Waals surface area contributed by atoms with Crippen LogP contribution in [0.25, 0.3) is 0 Å². The highest BCUT2D eigenvalue weighted by molar-refractivity contribution is 5.45. The summed E-state index contributed by atoms with van der Waals surface area (Å²) in [6, 6.07) is 6.34. The third-order valence-corrected chi connectivity index (χ3v) is 4.47. The predicted octanol–water partition coefficient (Wildman–Crippen LogP) is 3.08. The molecule has 0 bridgehead atoms. The van der Waals surface area contributed by atoms with Crippen LogP contribution in [0.3, 0.4) is 0 Å². The molecular weight excluding hydrogens is 238 g/mol. The number of fused-ring (bicyclic) bond motifs is 1. The fraction of sp³-hybridized carbons (Fsp3) is 0.625. The van der Waals surface area contributed by atoms with Crippen LogP contribution in [0.15, 0.2) is 18.2 Å². The second-order valence-corrected chi connectivity index (χ2v) is 5.64. The molecule has 1 saturated carbocycles. The van der Waals surface area contributed by atoms with E-state index in [1.54, 1.807) is 0 Å². The molecule has 0 spiro atoms. The van der Waals surface area contributed by atoms with Crippen molar-refractivity contribution in [1.29, 1.82) is 0 Å². The lowest BCUT2D eigenvalue weighted by Crippen LogP contribution is -2.24. The van der Waals surface area contributed by atoms with Gasteiger partial charge in [0.15, 0.2) is 11.5 Å². The standard InChI is InChI=1S/C16H23NO2/c17-11-14(12-4-2-1-3-5-12)13-6-7-15-16(10-13)19-9-8-18-15/h6-7,10,12,14H,1-5,8-9,11,17H2. The molecule has 1 unspecified atom stereocenters. The molecule has 0 aromatic heterocycles. The zero-order valence-electron chi connectivity index (χ0n) is 11.4. The van der Waals surface area contributed by atoms with Gasteiger partial charge in [0.2, 0.25) is 0 Å².